The molecule has 0 saturated carbocycles. The van der Waals surface area contributed by atoms with E-state index in [0.717, 1.165) is 13.2 Å². The Morgan fingerprint density at radius 2 is 0.491 bits per heavy atom. The average molecular weight is 777 g/mol. The standard InChI is InChI=1S/C52H108N2O/c1-13-15-17-19-21-23-25-27-29-31-33-35-37-39-41-51(49(11)53(45(3)4)46(5)6)43-55-44-52(50(12)54(47(7)8)48(9)10)42-40-38-36-34-32-30-28-26-24-22-20-18-16-14-2/h45-52H,13-44H2,1-12H3. The highest BCUT2D eigenvalue weighted by molar-refractivity contribution is 4.83. The van der Waals surface area contributed by atoms with Crippen molar-refractivity contribution >= 4 is 0 Å². The molecule has 0 aliphatic carbocycles. The highest BCUT2D eigenvalue weighted by Crippen LogP contribution is 2.27. The summed E-state index contributed by atoms with van der Waals surface area (Å²) in [5.74, 6) is 1.20. The van der Waals surface area contributed by atoms with Crippen molar-refractivity contribution in [3.8, 4) is 0 Å². The fourth-order valence-electron chi connectivity index (χ4n) is 10.1. The van der Waals surface area contributed by atoms with E-state index in [9.17, 15) is 0 Å². The highest BCUT2D eigenvalue weighted by Gasteiger charge is 2.30. The van der Waals surface area contributed by atoms with E-state index in [1.807, 2.05) is 0 Å². The summed E-state index contributed by atoms with van der Waals surface area (Å²) in [6.07, 6.45) is 42.6. The quantitative estimate of drug-likeness (QED) is 0.0574. The first-order chi connectivity index (χ1) is 26.5. The van der Waals surface area contributed by atoms with Crippen molar-refractivity contribution in [3.63, 3.8) is 0 Å². The first-order valence-corrected chi connectivity index (χ1v) is 25.6. The van der Waals surface area contributed by atoms with Crippen molar-refractivity contribution in [1.82, 2.24) is 9.80 Å². The van der Waals surface area contributed by atoms with Gasteiger partial charge in [0.25, 0.3) is 0 Å². The number of hydrogen-bond donors (Lipinski definition) is 0. The number of unbranched alkanes of at least 4 members (excludes halogenated alkanes) is 26. The van der Waals surface area contributed by atoms with Crippen molar-refractivity contribution in [3.05, 3.63) is 0 Å². The SMILES string of the molecule is CCCCCCCCCCCCCCCCC(COCC(CCCCCCCCCCCCCCCC)C(C)N(C(C)C)C(C)C)C(C)N(C(C)C)C(C)C. The Hall–Kier alpha value is -0.120. The van der Waals surface area contributed by atoms with E-state index in [2.05, 4.69) is 92.9 Å². The monoisotopic (exact) mass is 777 g/mol. The maximum Gasteiger partial charge on any atom is 0.0509 e. The van der Waals surface area contributed by atoms with E-state index in [-0.39, 0.29) is 0 Å². The van der Waals surface area contributed by atoms with E-state index in [1.54, 1.807) is 0 Å². The van der Waals surface area contributed by atoms with Crippen LogP contribution in [-0.4, -0.2) is 59.3 Å². The molecule has 0 amide bonds. The lowest BCUT2D eigenvalue weighted by Gasteiger charge is -2.42. The summed E-state index contributed by atoms with van der Waals surface area (Å²) in [4.78, 5) is 5.51. The van der Waals surface area contributed by atoms with Gasteiger partial charge in [0, 0.05) is 36.3 Å². The molecule has 332 valence electrons. The van der Waals surface area contributed by atoms with Crippen molar-refractivity contribution in [2.45, 2.75) is 312 Å². The molecule has 3 heteroatoms. The molecule has 0 aliphatic heterocycles. The summed E-state index contributed by atoms with van der Waals surface area (Å²) in [6, 6.07) is 3.35. The summed E-state index contributed by atoms with van der Waals surface area (Å²) in [5, 5.41) is 0. The van der Waals surface area contributed by atoms with Crippen molar-refractivity contribution in [1.29, 1.82) is 0 Å². The third kappa shape index (κ3) is 29.7. The Bertz CT molecular complexity index is 687. The van der Waals surface area contributed by atoms with Gasteiger partial charge in [0.05, 0.1) is 13.2 Å². The van der Waals surface area contributed by atoms with E-state index in [4.69, 9.17) is 4.74 Å². The third-order valence-electron chi connectivity index (χ3n) is 13.2. The van der Waals surface area contributed by atoms with Crippen LogP contribution in [0.15, 0.2) is 0 Å². The minimum Gasteiger partial charge on any atom is -0.381 e. The van der Waals surface area contributed by atoms with E-state index >= 15 is 0 Å². The second kappa shape index (κ2) is 38.1. The molecule has 3 nitrogen and oxygen atoms in total. The highest BCUT2D eigenvalue weighted by atomic mass is 16.5. The maximum absolute atomic E-state index is 6.91. The summed E-state index contributed by atoms with van der Waals surface area (Å²) in [7, 11) is 0. The van der Waals surface area contributed by atoms with Gasteiger partial charge in [-0.3, -0.25) is 9.80 Å². The molecule has 4 atom stereocenters. The minimum atomic E-state index is 0.548. The van der Waals surface area contributed by atoms with Gasteiger partial charge in [-0.2, -0.15) is 0 Å². The van der Waals surface area contributed by atoms with Gasteiger partial charge in [-0.05, 0) is 93.9 Å². The Morgan fingerprint density at radius 1 is 0.291 bits per heavy atom. The molecule has 0 N–H and O–H groups in total. The van der Waals surface area contributed by atoms with Gasteiger partial charge >= 0.3 is 0 Å². The summed E-state index contributed by atoms with van der Waals surface area (Å²) in [5.41, 5.74) is 0. The van der Waals surface area contributed by atoms with Crippen LogP contribution in [0.5, 0.6) is 0 Å². The lowest BCUT2D eigenvalue weighted by atomic mass is 9.90. The summed E-state index contributed by atoms with van der Waals surface area (Å²) >= 11 is 0. The van der Waals surface area contributed by atoms with Gasteiger partial charge in [0.2, 0.25) is 0 Å². The van der Waals surface area contributed by atoms with Crippen LogP contribution in [0.1, 0.15) is 276 Å². The molecule has 0 radical (unpaired) electrons. The van der Waals surface area contributed by atoms with Crippen LogP contribution in [0.2, 0.25) is 0 Å². The zero-order valence-electron chi connectivity index (χ0n) is 40.5. The Kier molecular flexibility index (Phi) is 38.0. The average Bonchev–Trinajstić information content (AvgIpc) is 3.12. The van der Waals surface area contributed by atoms with Crippen LogP contribution in [-0.2, 0) is 4.74 Å². The van der Waals surface area contributed by atoms with Gasteiger partial charge in [-0.1, -0.05) is 194 Å². The Morgan fingerprint density at radius 3 is 0.691 bits per heavy atom. The molecule has 0 rings (SSSR count). The lowest BCUT2D eigenvalue weighted by molar-refractivity contribution is -0.01000. The van der Waals surface area contributed by atoms with E-state index in [1.165, 1.54) is 193 Å². The van der Waals surface area contributed by atoms with Crippen LogP contribution in [0.25, 0.3) is 0 Å². The molecule has 0 bridgehead atoms. The van der Waals surface area contributed by atoms with Gasteiger partial charge in [0.1, 0.15) is 0 Å². The van der Waals surface area contributed by atoms with Crippen molar-refractivity contribution in [2.24, 2.45) is 11.8 Å². The van der Waals surface area contributed by atoms with Gasteiger partial charge in [0.15, 0.2) is 0 Å². The summed E-state index contributed by atoms with van der Waals surface area (Å²) < 4.78 is 6.91. The van der Waals surface area contributed by atoms with Gasteiger partial charge in [-0.25, -0.2) is 0 Å². The van der Waals surface area contributed by atoms with Crippen molar-refractivity contribution in [2.75, 3.05) is 13.2 Å². The van der Waals surface area contributed by atoms with Crippen LogP contribution < -0.4 is 0 Å². The first kappa shape index (κ1) is 54.9. The fraction of sp³-hybridized carbons (Fsp3) is 1.00. The smallest absolute Gasteiger partial charge is 0.0509 e. The normalized spacial score (nSPS) is 14.7. The molecule has 0 aromatic heterocycles. The first-order valence-electron chi connectivity index (χ1n) is 25.6. The molecule has 4 unspecified atom stereocenters. The Balaban J connectivity index is 4.95. The molecule has 0 fully saturated rings. The van der Waals surface area contributed by atoms with Crippen LogP contribution in [0, 0.1) is 11.8 Å². The molecule has 0 aromatic rings. The zero-order chi connectivity index (χ0) is 41.1. The maximum atomic E-state index is 6.91. The van der Waals surface area contributed by atoms with Gasteiger partial charge in [-0.15, -0.1) is 0 Å². The molecule has 0 heterocycles. The molecule has 55 heavy (non-hydrogen) atoms. The van der Waals surface area contributed by atoms with E-state index < -0.39 is 0 Å². The number of hydrogen-bond acceptors (Lipinski definition) is 3. The molecule has 0 saturated heterocycles. The summed E-state index contributed by atoms with van der Waals surface area (Å²) in [6.45, 7) is 30.6. The minimum absolute atomic E-state index is 0.548. The Labute approximate surface area is 350 Å². The number of rotatable bonds is 42. The van der Waals surface area contributed by atoms with Crippen LogP contribution in [0.4, 0.5) is 0 Å². The second-order valence-electron chi connectivity index (χ2n) is 19.6. The fourth-order valence-corrected chi connectivity index (χ4v) is 10.1. The molecule has 0 aliphatic rings. The third-order valence-corrected chi connectivity index (χ3v) is 13.2. The second-order valence-corrected chi connectivity index (χ2v) is 19.6. The number of ether oxygens (including phenoxy) is 1. The van der Waals surface area contributed by atoms with Crippen LogP contribution in [0.3, 0.4) is 0 Å². The molecule has 0 aromatic carbocycles. The number of nitrogens with zero attached hydrogens (tertiary/aromatic N) is 2. The molecule has 0 spiro atoms. The lowest BCUT2D eigenvalue weighted by Crippen LogP contribution is -2.49. The largest absolute Gasteiger partial charge is 0.381 e. The van der Waals surface area contributed by atoms with Gasteiger partial charge < -0.3 is 4.74 Å². The zero-order valence-corrected chi connectivity index (χ0v) is 40.5. The van der Waals surface area contributed by atoms with E-state index in [0.29, 0.717) is 48.1 Å². The predicted molar refractivity (Wildman–Crippen MR) is 251 cm³/mol. The molecular formula is C52H108N2O. The predicted octanol–water partition coefficient (Wildman–Crippen LogP) is 17.0. The topological polar surface area (TPSA) is 15.7 Å². The molecular weight excluding hydrogens is 669 g/mol. The van der Waals surface area contributed by atoms with Crippen LogP contribution >= 0.6 is 0 Å². The van der Waals surface area contributed by atoms with Crippen molar-refractivity contribution < 1.29 is 4.74 Å².